The zero-order valence-electron chi connectivity index (χ0n) is 19.3. The zero-order chi connectivity index (χ0) is 24.1. The molecule has 2 aromatic rings. The van der Waals surface area contributed by atoms with Gasteiger partial charge >= 0.3 is 12.1 Å². The molecule has 0 bridgehead atoms. The summed E-state index contributed by atoms with van der Waals surface area (Å²) in [7, 11) is 0. The van der Waals surface area contributed by atoms with Gasteiger partial charge in [-0.05, 0) is 53.9 Å². The SMILES string of the molecule is C/C(=C\CNC(=O)CC(CNC(=O)OCC1c2ccccc2-c2ccccc21)C1CC1)C(=O)O. The maximum atomic E-state index is 12.5. The Bertz CT molecular complexity index is 1060. The highest BCUT2D eigenvalue weighted by molar-refractivity contribution is 5.86. The van der Waals surface area contributed by atoms with Crippen LogP contribution >= 0.6 is 0 Å². The van der Waals surface area contributed by atoms with Gasteiger partial charge in [0.05, 0.1) is 0 Å². The van der Waals surface area contributed by atoms with E-state index >= 15 is 0 Å². The average Bonchev–Trinajstić information content (AvgIpc) is 3.63. The van der Waals surface area contributed by atoms with E-state index in [4.69, 9.17) is 9.84 Å². The third kappa shape index (κ3) is 5.65. The van der Waals surface area contributed by atoms with Gasteiger partial charge in [0, 0.05) is 31.0 Å². The fourth-order valence-corrected chi connectivity index (χ4v) is 4.55. The number of carboxylic acids is 1. The van der Waals surface area contributed by atoms with Crippen LogP contribution in [0.3, 0.4) is 0 Å². The molecule has 0 aromatic heterocycles. The first-order valence-corrected chi connectivity index (χ1v) is 11.7. The minimum absolute atomic E-state index is 0.00507. The topological polar surface area (TPSA) is 105 Å². The molecule has 1 unspecified atom stereocenters. The molecule has 1 atom stereocenters. The molecule has 2 aromatic carbocycles. The number of hydrogen-bond donors (Lipinski definition) is 3. The number of aliphatic carboxylic acids is 1. The fourth-order valence-electron chi connectivity index (χ4n) is 4.55. The number of benzene rings is 2. The van der Waals surface area contributed by atoms with Crippen LogP contribution in [0.1, 0.15) is 43.2 Å². The Balaban J connectivity index is 1.27. The molecular weight excluding hydrogens is 432 g/mol. The van der Waals surface area contributed by atoms with E-state index in [1.807, 2.05) is 24.3 Å². The van der Waals surface area contributed by atoms with E-state index in [1.54, 1.807) is 0 Å². The van der Waals surface area contributed by atoms with Crippen molar-refractivity contribution < 1.29 is 24.2 Å². The number of rotatable bonds is 10. The van der Waals surface area contributed by atoms with Gasteiger partial charge in [-0.15, -0.1) is 0 Å². The van der Waals surface area contributed by atoms with E-state index in [0.29, 0.717) is 12.5 Å². The Hall–Kier alpha value is -3.61. The lowest BCUT2D eigenvalue weighted by atomic mass is 9.98. The Kier molecular flexibility index (Phi) is 7.30. The van der Waals surface area contributed by atoms with Crippen molar-refractivity contribution in [3.8, 4) is 11.1 Å². The van der Waals surface area contributed by atoms with E-state index in [2.05, 4.69) is 34.9 Å². The van der Waals surface area contributed by atoms with Crippen molar-refractivity contribution in [1.82, 2.24) is 10.6 Å². The summed E-state index contributed by atoms with van der Waals surface area (Å²) in [5.74, 6) is -0.704. The number of alkyl carbamates (subject to hydrolysis) is 1. The van der Waals surface area contributed by atoms with Gasteiger partial charge in [-0.25, -0.2) is 9.59 Å². The van der Waals surface area contributed by atoms with Gasteiger partial charge in [0.25, 0.3) is 0 Å². The number of nitrogens with one attached hydrogen (secondary N) is 2. The molecule has 34 heavy (non-hydrogen) atoms. The molecule has 2 aliphatic rings. The summed E-state index contributed by atoms with van der Waals surface area (Å²) in [6.45, 7) is 2.29. The number of ether oxygens (including phenoxy) is 1. The number of carbonyl (C=O) groups is 3. The van der Waals surface area contributed by atoms with Crippen molar-refractivity contribution in [2.75, 3.05) is 19.7 Å². The minimum atomic E-state index is -1.00. The maximum absolute atomic E-state index is 12.5. The van der Waals surface area contributed by atoms with Crippen LogP contribution in [0.15, 0.2) is 60.2 Å². The summed E-state index contributed by atoms with van der Waals surface area (Å²) in [4.78, 5) is 35.6. The fraction of sp³-hybridized carbons (Fsp3) is 0.370. The second-order valence-electron chi connectivity index (χ2n) is 9.00. The second kappa shape index (κ2) is 10.5. The Labute approximate surface area is 199 Å². The summed E-state index contributed by atoms with van der Waals surface area (Å²) in [6, 6.07) is 16.4. The Morgan fingerprint density at radius 2 is 1.65 bits per heavy atom. The smallest absolute Gasteiger partial charge is 0.407 e. The molecule has 0 radical (unpaired) electrons. The minimum Gasteiger partial charge on any atom is -0.478 e. The Morgan fingerprint density at radius 3 is 2.24 bits per heavy atom. The summed E-state index contributed by atoms with van der Waals surface area (Å²) >= 11 is 0. The average molecular weight is 463 g/mol. The Morgan fingerprint density at radius 1 is 1.03 bits per heavy atom. The van der Waals surface area contributed by atoms with Crippen molar-refractivity contribution in [2.45, 2.75) is 32.1 Å². The summed E-state index contributed by atoms with van der Waals surface area (Å²) in [6.07, 6.45) is 3.37. The van der Waals surface area contributed by atoms with Crippen LogP contribution in [0.5, 0.6) is 0 Å². The van der Waals surface area contributed by atoms with Gasteiger partial charge < -0.3 is 20.5 Å². The molecule has 4 rings (SSSR count). The number of carbonyl (C=O) groups excluding carboxylic acids is 2. The lowest BCUT2D eigenvalue weighted by Gasteiger charge is -2.18. The molecule has 7 nitrogen and oxygen atoms in total. The molecular formula is C27H30N2O5. The van der Waals surface area contributed by atoms with Gasteiger partial charge in [-0.3, -0.25) is 4.79 Å². The summed E-state index contributed by atoms with van der Waals surface area (Å²) < 4.78 is 5.59. The third-order valence-electron chi connectivity index (χ3n) is 6.63. The summed E-state index contributed by atoms with van der Waals surface area (Å²) in [5, 5.41) is 14.4. The van der Waals surface area contributed by atoms with Crippen molar-refractivity contribution in [2.24, 2.45) is 11.8 Å². The third-order valence-corrected chi connectivity index (χ3v) is 6.63. The highest BCUT2D eigenvalue weighted by atomic mass is 16.5. The van der Waals surface area contributed by atoms with Gasteiger partial charge in [0.2, 0.25) is 5.91 Å². The van der Waals surface area contributed by atoms with E-state index in [1.165, 1.54) is 24.1 Å². The molecule has 0 heterocycles. The molecule has 0 saturated heterocycles. The first-order chi connectivity index (χ1) is 16.4. The predicted molar refractivity (Wildman–Crippen MR) is 128 cm³/mol. The van der Waals surface area contributed by atoms with E-state index in [9.17, 15) is 14.4 Å². The first kappa shape index (κ1) is 23.5. The van der Waals surface area contributed by atoms with Crippen molar-refractivity contribution in [1.29, 1.82) is 0 Å². The normalized spacial score (nSPS) is 15.7. The standard InChI is InChI=1S/C27H30N2O5/c1-17(26(31)32)12-13-28-25(30)14-19(18-10-11-18)15-29-27(33)34-16-24-22-8-4-2-6-20(22)21-7-3-5-9-23(21)24/h2-9,12,18-19,24H,10-11,13-16H2,1H3,(H,28,30)(H,29,33)(H,31,32)/b17-12+. The highest BCUT2D eigenvalue weighted by Crippen LogP contribution is 2.44. The number of amides is 2. The van der Waals surface area contributed by atoms with E-state index < -0.39 is 12.1 Å². The molecule has 1 fully saturated rings. The zero-order valence-corrected chi connectivity index (χ0v) is 19.3. The largest absolute Gasteiger partial charge is 0.478 e. The van der Waals surface area contributed by atoms with Crippen LogP contribution in [0, 0.1) is 11.8 Å². The van der Waals surface area contributed by atoms with Crippen LogP contribution < -0.4 is 10.6 Å². The van der Waals surface area contributed by atoms with Crippen LogP contribution in [-0.2, 0) is 14.3 Å². The molecule has 1 saturated carbocycles. The predicted octanol–water partition coefficient (Wildman–Crippen LogP) is 4.09. The van der Waals surface area contributed by atoms with Crippen molar-refractivity contribution >= 4 is 18.0 Å². The van der Waals surface area contributed by atoms with Crippen molar-refractivity contribution in [3.63, 3.8) is 0 Å². The highest BCUT2D eigenvalue weighted by Gasteiger charge is 2.33. The number of carboxylic acid groups (broad SMARTS) is 1. The van der Waals surface area contributed by atoms with Crippen LogP contribution in [-0.4, -0.2) is 42.8 Å². The molecule has 3 N–H and O–H groups in total. The van der Waals surface area contributed by atoms with E-state index in [-0.39, 0.29) is 42.9 Å². The maximum Gasteiger partial charge on any atom is 0.407 e. The number of fused-ring (bicyclic) bond motifs is 3. The monoisotopic (exact) mass is 462 g/mol. The van der Waals surface area contributed by atoms with Crippen molar-refractivity contribution in [3.05, 3.63) is 71.3 Å². The lowest BCUT2D eigenvalue weighted by Crippen LogP contribution is -2.35. The molecule has 2 amide bonds. The molecule has 178 valence electrons. The van der Waals surface area contributed by atoms with Gasteiger partial charge in [0.1, 0.15) is 6.61 Å². The quantitative estimate of drug-likeness (QED) is 0.462. The van der Waals surface area contributed by atoms with Gasteiger partial charge in [0.15, 0.2) is 0 Å². The van der Waals surface area contributed by atoms with Crippen LogP contribution in [0.4, 0.5) is 4.79 Å². The van der Waals surface area contributed by atoms with Crippen LogP contribution in [0.25, 0.3) is 11.1 Å². The molecule has 0 aliphatic heterocycles. The molecule has 2 aliphatic carbocycles. The van der Waals surface area contributed by atoms with Crippen LogP contribution in [0.2, 0.25) is 0 Å². The van der Waals surface area contributed by atoms with Gasteiger partial charge in [-0.2, -0.15) is 0 Å². The summed E-state index contributed by atoms with van der Waals surface area (Å²) in [5.41, 5.74) is 4.88. The second-order valence-corrected chi connectivity index (χ2v) is 9.00. The first-order valence-electron chi connectivity index (χ1n) is 11.7. The van der Waals surface area contributed by atoms with E-state index in [0.717, 1.165) is 24.0 Å². The lowest BCUT2D eigenvalue weighted by molar-refractivity contribution is -0.132. The molecule has 7 heteroatoms. The number of hydrogen-bond acceptors (Lipinski definition) is 4. The molecule has 0 spiro atoms. The van der Waals surface area contributed by atoms with Gasteiger partial charge in [-0.1, -0.05) is 54.6 Å².